The maximum atomic E-state index is 12.5. The number of benzene rings is 1. The second-order valence-electron chi connectivity index (χ2n) is 5.96. The minimum atomic E-state index is -0.237. The number of fused-ring (bicyclic) bond motifs is 1. The second kappa shape index (κ2) is 7.49. The summed E-state index contributed by atoms with van der Waals surface area (Å²) in [4.78, 5) is 34.1. The average molecular weight is 369 g/mol. The summed E-state index contributed by atoms with van der Waals surface area (Å²) in [5.41, 5.74) is 2.64. The van der Waals surface area contributed by atoms with Gasteiger partial charge >= 0.3 is 6.03 Å². The summed E-state index contributed by atoms with van der Waals surface area (Å²) in [5, 5.41) is 6.58. The van der Waals surface area contributed by atoms with Crippen LogP contribution in [0.3, 0.4) is 0 Å². The standard InChI is InChI=1S/C18H19N5O2S/c1-11-21-15-9-13(4-5-16(15)26-11)22-17(24)12-6-7-19-14(8-12)10-20-18(25)23(2)3/h4-9H,10H2,1-3H3,(H,20,25)(H,22,24). The average Bonchev–Trinajstić information content (AvgIpc) is 2.99. The number of amides is 3. The molecule has 134 valence electrons. The summed E-state index contributed by atoms with van der Waals surface area (Å²) >= 11 is 1.62. The van der Waals surface area contributed by atoms with Gasteiger partial charge in [-0.25, -0.2) is 9.78 Å². The number of anilines is 1. The largest absolute Gasteiger partial charge is 0.332 e. The quantitative estimate of drug-likeness (QED) is 0.740. The van der Waals surface area contributed by atoms with Gasteiger partial charge in [0.15, 0.2) is 0 Å². The third-order valence-electron chi connectivity index (χ3n) is 3.66. The lowest BCUT2D eigenvalue weighted by Crippen LogP contribution is -2.34. The van der Waals surface area contributed by atoms with Gasteiger partial charge in [-0.05, 0) is 37.3 Å². The molecular formula is C18H19N5O2S. The molecule has 0 radical (unpaired) electrons. The first-order valence-corrected chi connectivity index (χ1v) is 8.82. The minimum Gasteiger partial charge on any atom is -0.332 e. The number of urea groups is 1. The van der Waals surface area contributed by atoms with Crippen molar-refractivity contribution in [3.63, 3.8) is 0 Å². The second-order valence-corrected chi connectivity index (χ2v) is 7.19. The zero-order chi connectivity index (χ0) is 18.7. The Balaban J connectivity index is 1.70. The molecule has 0 unspecified atom stereocenters. The van der Waals surface area contributed by atoms with Crippen molar-refractivity contribution in [3.05, 3.63) is 52.8 Å². The SMILES string of the molecule is Cc1nc2cc(NC(=O)c3ccnc(CNC(=O)N(C)C)c3)ccc2s1. The van der Waals surface area contributed by atoms with E-state index in [4.69, 9.17) is 0 Å². The minimum absolute atomic E-state index is 0.214. The van der Waals surface area contributed by atoms with E-state index < -0.39 is 0 Å². The fraction of sp³-hybridized carbons (Fsp3) is 0.222. The van der Waals surface area contributed by atoms with Crippen molar-refractivity contribution in [3.8, 4) is 0 Å². The first-order chi connectivity index (χ1) is 12.4. The summed E-state index contributed by atoms with van der Waals surface area (Å²) in [6, 6.07) is 8.75. The summed E-state index contributed by atoms with van der Waals surface area (Å²) in [5.74, 6) is -0.237. The number of carbonyl (C=O) groups excluding carboxylic acids is 2. The van der Waals surface area contributed by atoms with Crippen molar-refractivity contribution in [2.24, 2.45) is 0 Å². The lowest BCUT2D eigenvalue weighted by molar-refractivity contribution is 0.102. The van der Waals surface area contributed by atoms with E-state index in [1.165, 1.54) is 4.90 Å². The molecule has 7 nitrogen and oxygen atoms in total. The third-order valence-corrected chi connectivity index (χ3v) is 4.61. The molecule has 3 aromatic rings. The van der Waals surface area contributed by atoms with Gasteiger partial charge in [-0.1, -0.05) is 0 Å². The van der Waals surface area contributed by atoms with Crippen LogP contribution in [0.1, 0.15) is 21.1 Å². The van der Waals surface area contributed by atoms with Crippen LogP contribution in [-0.2, 0) is 6.54 Å². The van der Waals surface area contributed by atoms with E-state index in [1.807, 2.05) is 25.1 Å². The Hall–Kier alpha value is -3.00. The zero-order valence-corrected chi connectivity index (χ0v) is 15.6. The Morgan fingerprint density at radius 1 is 1.19 bits per heavy atom. The van der Waals surface area contributed by atoms with Crippen LogP contribution in [0.15, 0.2) is 36.5 Å². The van der Waals surface area contributed by atoms with E-state index in [0.717, 1.165) is 15.2 Å². The van der Waals surface area contributed by atoms with Gasteiger partial charge in [-0.3, -0.25) is 9.78 Å². The highest BCUT2D eigenvalue weighted by molar-refractivity contribution is 7.18. The van der Waals surface area contributed by atoms with Gasteiger partial charge in [0.2, 0.25) is 0 Å². The highest BCUT2D eigenvalue weighted by Crippen LogP contribution is 2.24. The van der Waals surface area contributed by atoms with Gasteiger partial charge in [0.05, 0.1) is 27.5 Å². The summed E-state index contributed by atoms with van der Waals surface area (Å²) in [7, 11) is 3.32. The number of aryl methyl sites for hydroxylation is 1. The lowest BCUT2D eigenvalue weighted by atomic mass is 10.2. The van der Waals surface area contributed by atoms with Crippen LogP contribution >= 0.6 is 11.3 Å². The first kappa shape index (κ1) is 17.8. The van der Waals surface area contributed by atoms with Gasteiger partial charge in [0, 0.05) is 31.5 Å². The van der Waals surface area contributed by atoms with E-state index >= 15 is 0 Å². The number of nitrogens with one attached hydrogen (secondary N) is 2. The molecule has 0 atom stereocenters. The fourth-order valence-corrected chi connectivity index (χ4v) is 3.17. The van der Waals surface area contributed by atoms with Crippen LogP contribution in [0.25, 0.3) is 10.2 Å². The van der Waals surface area contributed by atoms with Crippen LogP contribution < -0.4 is 10.6 Å². The third kappa shape index (κ3) is 4.15. The molecule has 2 N–H and O–H groups in total. The van der Waals surface area contributed by atoms with Crippen molar-refractivity contribution in [1.82, 2.24) is 20.2 Å². The van der Waals surface area contributed by atoms with Crippen LogP contribution in [0.5, 0.6) is 0 Å². The van der Waals surface area contributed by atoms with Crippen molar-refractivity contribution >= 4 is 39.2 Å². The number of aromatic nitrogens is 2. The molecule has 0 aliphatic rings. The van der Waals surface area contributed by atoms with Crippen LogP contribution in [0, 0.1) is 6.92 Å². The number of hydrogen-bond donors (Lipinski definition) is 2. The van der Waals surface area contributed by atoms with Gasteiger partial charge in [-0.2, -0.15) is 0 Å². The molecule has 3 amide bonds. The summed E-state index contributed by atoms with van der Waals surface area (Å²) < 4.78 is 1.09. The lowest BCUT2D eigenvalue weighted by Gasteiger charge is -2.12. The topological polar surface area (TPSA) is 87.2 Å². The zero-order valence-electron chi connectivity index (χ0n) is 14.7. The van der Waals surface area contributed by atoms with Gasteiger partial charge in [0.25, 0.3) is 5.91 Å². The Kier molecular flexibility index (Phi) is 5.13. The number of pyridine rings is 1. The molecule has 0 spiro atoms. The molecule has 26 heavy (non-hydrogen) atoms. The van der Waals surface area contributed by atoms with E-state index in [-0.39, 0.29) is 18.5 Å². The molecule has 2 heterocycles. The Labute approximate surface area is 155 Å². The van der Waals surface area contributed by atoms with E-state index in [0.29, 0.717) is 16.9 Å². The van der Waals surface area contributed by atoms with Crippen molar-refractivity contribution in [2.75, 3.05) is 19.4 Å². The van der Waals surface area contributed by atoms with E-state index in [1.54, 1.807) is 43.8 Å². The Morgan fingerprint density at radius 2 is 2.00 bits per heavy atom. The van der Waals surface area contributed by atoms with E-state index in [9.17, 15) is 9.59 Å². The van der Waals surface area contributed by atoms with Crippen molar-refractivity contribution in [2.45, 2.75) is 13.5 Å². The van der Waals surface area contributed by atoms with Gasteiger partial charge in [-0.15, -0.1) is 11.3 Å². The molecular weight excluding hydrogens is 350 g/mol. The monoisotopic (exact) mass is 369 g/mol. The molecule has 3 rings (SSSR count). The molecule has 0 saturated carbocycles. The predicted octanol–water partition coefficient (Wildman–Crippen LogP) is 3.02. The van der Waals surface area contributed by atoms with Crippen molar-refractivity contribution in [1.29, 1.82) is 0 Å². The van der Waals surface area contributed by atoms with E-state index in [2.05, 4.69) is 20.6 Å². The fourth-order valence-electron chi connectivity index (χ4n) is 2.36. The smallest absolute Gasteiger partial charge is 0.317 e. The number of nitrogens with zero attached hydrogens (tertiary/aromatic N) is 3. The Morgan fingerprint density at radius 3 is 2.77 bits per heavy atom. The number of rotatable bonds is 4. The molecule has 0 aliphatic heterocycles. The molecule has 0 aliphatic carbocycles. The number of hydrogen-bond acceptors (Lipinski definition) is 5. The maximum Gasteiger partial charge on any atom is 0.317 e. The summed E-state index contributed by atoms with van der Waals surface area (Å²) in [6.07, 6.45) is 1.55. The maximum absolute atomic E-state index is 12.5. The Bertz CT molecular complexity index is 967. The van der Waals surface area contributed by atoms with Gasteiger partial charge in [0.1, 0.15) is 0 Å². The van der Waals surface area contributed by atoms with Crippen LogP contribution in [-0.4, -0.2) is 40.9 Å². The molecule has 1 aromatic carbocycles. The predicted molar refractivity (Wildman–Crippen MR) is 102 cm³/mol. The molecule has 0 bridgehead atoms. The highest BCUT2D eigenvalue weighted by Gasteiger charge is 2.10. The number of carbonyl (C=O) groups is 2. The molecule has 2 aromatic heterocycles. The highest BCUT2D eigenvalue weighted by atomic mass is 32.1. The van der Waals surface area contributed by atoms with Gasteiger partial charge < -0.3 is 15.5 Å². The first-order valence-electron chi connectivity index (χ1n) is 8.01. The molecule has 8 heteroatoms. The van der Waals surface area contributed by atoms with Crippen LogP contribution in [0.4, 0.5) is 10.5 Å². The molecule has 0 fully saturated rings. The molecule has 0 saturated heterocycles. The van der Waals surface area contributed by atoms with Crippen molar-refractivity contribution < 1.29 is 9.59 Å². The normalized spacial score (nSPS) is 10.6. The number of thiazole rings is 1. The van der Waals surface area contributed by atoms with Crippen LogP contribution in [0.2, 0.25) is 0 Å². The summed E-state index contributed by atoms with van der Waals surface area (Å²) in [6.45, 7) is 2.21.